The van der Waals surface area contributed by atoms with Gasteiger partial charge in [-0.05, 0) is 55.2 Å². The number of halogens is 3. The summed E-state index contributed by atoms with van der Waals surface area (Å²) in [4.78, 5) is 4.19. The predicted octanol–water partition coefficient (Wildman–Crippen LogP) is 6.33. The van der Waals surface area contributed by atoms with Gasteiger partial charge in [0.2, 0.25) is 5.89 Å². The molecule has 0 amide bonds. The number of hydrogen-bond donors (Lipinski definition) is 0. The summed E-state index contributed by atoms with van der Waals surface area (Å²) in [7, 11) is 0. The fraction of sp³-hybridized carbons (Fsp3) is 0.136. The first-order valence-electron chi connectivity index (χ1n) is 11.6. The number of nitrogens with zero attached hydrogens (tertiary/aromatic N) is 3. The molecule has 0 aliphatic rings. The van der Waals surface area contributed by atoms with Crippen molar-refractivity contribution in [2.24, 2.45) is 0 Å². The Hall–Kier alpha value is -3.68. The van der Waals surface area contributed by atoms with Gasteiger partial charge in [0.25, 0.3) is 0 Å². The number of para-hydroxylation sites is 1. The molecule has 0 aliphatic carbocycles. The quantitative estimate of drug-likeness (QED) is 0.337. The summed E-state index contributed by atoms with van der Waals surface area (Å²) in [5.41, 5.74) is 0.713. The Kier molecular flexibility index (Phi) is 2.73. The number of aromatic nitrogens is 3. The molecular weight excluding hydrogens is 395 g/mol. The molecule has 8 heteroatoms. The lowest BCUT2D eigenvalue weighted by Crippen LogP contribution is -2.04. The molecule has 5 rings (SSSR count). The van der Waals surface area contributed by atoms with Crippen LogP contribution in [0.3, 0.4) is 0 Å². The van der Waals surface area contributed by atoms with Crippen molar-refractivity contribution >= 4 is 21.9 Å². The molecule has 0 saturated carbocycles. The smallest absolute Gasteiger partial charge is 0.455 e. The number of aryl methyl sites for hydroxylation is 2. The molecular formula is C22H14F3N3O2. The Morgan fingerprint density at radius 1 is 0.933 bits per heavy atom. The van der Waals surface area contributed by atoms with Crippen LogP contribution < -0.4 is 0 Å². The number of hydrogen-bond acceptors (Lipinski definition) is 5. The molecule has 5 nitrogen and oxygen atoms in total. The lowest BCUT2D eigenvalue weighted by molar-refractivity contribution is -0.156. The van der Waals surface area contributed by atoms with Crippen LogP contribution in [0.25, 0.3) is 44.7 Å². The normalized spacial score (nSPS) is 16.0. The van der Waals surface area contributed by atoms with Gasteiger partial charge in [-0.2, -0.15) is 13.2 Å². The zero-order chi connectivity index (χ0) is 26.0. The number of benzene rings is 2. The highest BCUT2D eigenvalue weighted by Crippen LogP contribution is 2.37. The van der Waals surface area contributed by atoms with E-state index in [1.807, 2.05) is 0 Å². The van der Waals surface area contributed by atoms with Gasteiger partial charge in [0.15, 0.2) is 0 Å². The SMILES string of the molecule is [2H]C([2H])([2H])c1cnc(-c2cccc3c2oc2cc(-c4nnc(C(F)(F)F)o4)ccc23)cc1C([2H])([2H])[2H]. The second kappa shape index (κ2) is 6.41. The molecule has 3 heterocycles. The zero-order valence-electron chi connectivity index (χ0n) is 20.9. The summed E-state index contributed by atoms with van der Waals surface area (Å²) < 4.78 is 95.5. The Balaban J connectivity index is 1.65. The van der Waals surface area contributed by atoms with Gasteiger partial charge < -0.3 is 8.83 Å². The minimum Gasteiger partial charge on any atom is -0.455 e. The van der Waals surface area contributed by atoms with Gasteiger partial charge in [0, 0.05) is 36.3 Å². The monoisotopic (exact) mass is 415 g/mol. The average molecular weight is 415 g/mol. The topological polar surface area (TPSA) is 65.0 Å². The van der Waals surface area contributed by atoms with Gasteiger partial charge in [0.1, 0.15) is 11.2 Å². The van der Waals surface area contributed by atoms with Crippen molar-refractivity contribution in [3.63, 3.8) is 0 Å². The van der Waals surface area contributed by atoms with Crippen LogP contribution in [0.2, 0.25) is 0 Å². The Morgan fingerprint density at radius 3 is 2.57 bits per heavy atom. The van der Waals surface area contributed by atoms with E-state index in [1.54, 1.807) is 24.3 Å². The van der Waals surface area contributed by atoms with Crippen LogP contribution in [-0.2, 0) is 6.18 Å². The molecule has 0 radical (unpaired) electrons. The van der Waals surface area contributed by atoms with Gasteiger partial charge in [-0.1, -0.05) is 12.1 Å². The van der Waals surface area contributed by atoms with Crippen LogP contribution in [0, 0.1) is 13.7 Å². The van der Waals surface area contributed by atoms with Gasteiger partial charge in [-0.25, -0.2) is 0 Å². The lowest BCUT2D eigenvalue weighted by Gasteiger charge is -2.05. The summed E-state index contributed by atoms with van der Waals surface area (Å²) in [6, 6.07) is 10.9. The zero-order valence-corrected chi connectivity index (χ0v) is 14.9. The number of furan rings is 1. The van der Waals surface area contributed by atoms with Crippen LogP contribution in [0.15, 0.2) is 57.5 Å². The second-order valence-electron chi connectivity index (χ2n) is 6.52. The highest BCUT2D eigenvalue weighted by molar-refractivity contribution is 6.09. The van der Waals surface area contributed by atoms with E-state index in [4.69, 9.17) is 17.1 Å². The van der Waals surface area contributed by atoms with Crippen molar-refractivity contribution in [3.05, 3.63) is 65.7 Å². The van der Waals surface area contributed by atoms with Crippen LogP contribution in [0.5, 0.6) is 0 Å². The summed E-state index contributed by atoms with van der Waals surface area (Å²) in [6.07, 6.45) is -3.75. The molecule has 0 fully saturated rings. The molecule has 30 heavy (non-hydrogen) atoms. The van der Waals surface area contributed by atoms with E-state index < -0.39 is 25.8 Å². The van der Waals surface area contributed by atoms with Crippen molar-refractivity contribution in [2.45, 2.75) is 19.9 Å². The van der Waals surface area contributed by atoms with E-state index in [0.717, 1.165) is 6.20 Å². The first kappa shape index (κ1) is 12.8. The van der Waals surface area contributed by atoms with E-state index in [1.165, 1.54) is 18.2 Å². The standard InChI is InChI=1S/C22H14F3N3O2/c1-11-8-17(26-10-12(11)2)16-5-3-4-15-14-7-6-13(9-18(14)29-19(15)16)20-27-28-21(30-20)22(23,24)25/h3-10H,1-2H3/i1D3,2D3. The van der Waals surface area contributed by atoms with E-state index in [-0.39, 0.29) is 28.3 Å². The number of rotatable bonds is 2. The highest BCUT2D eigenvalue weighted by atomic mass is 19.4. The fourth-order valence-corrected chi connectivity index (χ4v) is 3.19. The number of pyridine rings is 1. The molecule has 2 aromatic carbocycles. The molecule has 0 aliphatic heterocycles. The van der Waals surface area contributed by atoms with E-state index in [0.29, 0.717) is 27.5 Å². The van der Waals surface area contributed by atoms with Gasteiger partial charge in [-0.15, -0.1) is 10.2 Å². The molecule has 0 bridgehead atoms. The summed E-state index contributed by atoms with van der Waals surface area (Å²) >= 11 is 0. The van der Waals surface area contributed by atoms with E-state index >= 15 is 0 Å². The van der Waals surface area contributed by atoms with Crippen molar-refractivity contribution in [3.8, 4) is 22.7 Å². The second-order valence-corrected chi connectivity index (χ2v) is 6.52. The summed E-state index contributed by atoms with van der Waals surface area (Å²) in [5.74, 6) is -1.81. The third-order valence-electron chi connectivity index (χ3n) is 4.59. The number of alkyl halides is 3. The minimum absolute atomic E-state index is 0.186. The Labute approximate surface area is 176 Å². The highest BCUT2D eigenvalue weighted by Gasteiger charge is 2.38. The fourth-order valence-electron chi connectivity index (χ4n) is 3.19. The molecule has 150 valence electrons. The van der Waals surface area contributed by atoms with Crippen LogP contribution in [0.4, 0.5) is 13.2 Å². The van der Waals surface area contributed by atoms with Crippen LogP contribution >= 0.6 is 0 Å². The molecule has 0 saturated heterocycles. The van der Waals surface area contributed by atoms with E-state index in [9.17, 15) is 13.2 Å². The molecule has 3 aromatic heterocycles. The Morgan fingerprint density at radius 2 is 1.80 bits per heavy atom. The maximum atomic E-state index is 12.8. The predicted molar refractivity (Wildman–Crippen MR) is 105 cm³/mol. The molecule has 0 unspecified atom stereocenters. The maximum Gasteiger partial charge on any atom is 0.470 e. The van der Waals surface area contributed by atoms with Crippen molar-refractivity contribution in [1.82, 2.24) is 15.2 Å². The average Bonchev–Trinajstić information content (AvgIpc) is 3.42. The molecule has 0 spiro atoms. The summed E-state index contributed by atoms with van der Waals surface area (Å²) in [5, 5.41) is 7.74. The molecule has 0 N–H and O–H groups in total. The molecule has 0 atom stereocenters. The lowest BCUT2D eigenvalue weighted by atomic mass is 10.0. The van der Waals surface area contributed by atoms with Gasteiger partial charge >= 0.3 is 12.1 Å². The third kappa shape index (κ3) is 2.92. The van der Waals surface area contributed by atoms with E-state index in [2.05, 4.69) is 15.2 Å². The minimum atomic E-state index is -4.78. The van der Waals surface area contributed by atoms with Crippen molar-refractivity contribution in [1.29, 1.82) is 0 Å². The van der Waals surface area contributed by atoms with Gasteiger partial charge in [0.05, 0.1) is 5.69 Å². The van der Waals surface area contributed by atoms with Crippen molar-refractivity contribution < 1.29 is 30.2 Å². The third-order valence-corrected chi connectivity index (χ3v) is 4.59. The molecule has 5 aromatic rings. The van der Waals surface area contributed by atoms with Crippen LogP contribution in [-0.4, -0.2) is 15.2 Å². The largest absolute Gasteiger partial charge is 0.470 e. The van der Waals surface area contributed by atoms with Crippen LogP contribution in [0.1, 0.15) is 25.2 Å². The maximum absolute atomic E-state index is 12.8. The van der Waals surface area contributed by atoms with Gasteiger partial charge in [-0.3, -0.25) is 4.98 Å². The first-order valence-corrected chi connectivity index (χ1v) is 8.61. The first-order chi connectivity index (χ1) is 16.7. The van der Waals surface area contributed by atoms with Crippen molar-refractivity contribution in [2.75, 3.05) is 0 Å². The number of fused-ring (bicyclic) bond motifs is 3. The Bertz CT molecular complexity index is 1620. The summed E-state index contributed by atoms with van der Waals surface area (Å²) in [6.45, 7) is -5.37.